The standard InChI is InChI=1S/C90H149N29O22S2/c1-12-48(6)71(117-79(132)57(22-15-16-30-91)107-76(129)58(23-17-31-99-89(94)95)108-77(130)59(24-18-32-100-90(96)97)109-84(137)64(38-52-40-101-56-21-14-13-20-54(52)56)113-82(135)62(36-46(2)3)112-75(128)55(92)28-34-142-10)87(140)102-42-69(123)119-33-19-25-67(119)86(139)111-60(26-27-68(93)122)78(131)110-61(29-35-143-11)80(133)118-72(51(9)121)88(141)115-63(37-47(4)5)83(136)116-66(44-120)85(138)114-65(39-53-41-98-45-104-53)81(134)106-50(8)74(127)105-49(7)73(126)103-43-70(124)125/h13-14,20-21,40-41,45-51,55,57-67,71-72,101,120-121H,12,15-19,22-39,42-44,91-92H2,1-11H3,(H2,93,122)(H,98,104)(H,102,140)(H,103,126)(H,105,127)(H,106,134)(H,107,129)(H,108,130)(H,109,137)(H,110,131)(H,111,139)(H,112,128)(H,113,135)(H,114,138)(H,115,141)(H,116,136)(H,117,132)(H,118,133)(H,124,125)(H4,94,95,99)(H4,96,97,100). The van der Waals surface area contributed by atoms with Crippen LogP contribution in [0.3, 0.4) is 0 Å². The highest BCUT2D eigenvalue weighted by atomic mass is 32.2. The molecule has 0 spiro atoms. The molecule has 3 heterocycles. The number of thioether (sulfide) groups is 2. The van der Waals surface area contributed by atoms with Crippen molar-refractivity contribution in [2.75, 3.05) is 69.9 Å². The number of rotatable bonds is 67. The molecule has 143 heavy (non-hydrogen) atoms. The summed E-state index contributed by atoms with van der Waals surface area (Å²) in [6.07, 6.45) is 5.77. The Bertz CT molecular complexity index is 4790. The predicted molar refractivity (Wildman–Crippen MR) is 533 cm³/mol. The van der Waals surface area contributed by atoms with E-state index in [1.807, 2.05) is 38.3 Å². The molecule has 51 nitrogen and oxygen atoms in total. The van der Waals surface area contributed by atoms with E-state index in [1.165, 1.54) is 49.9 Å². The molecule has 1 aliphatic rings. The zero-order valence-electron chi connectivity index (χ0n) is 82.9. The number of H-pyrrole nitrogens is 2. The highest BCUT2D eigenvalue weighted by molar-refractivity contribution is 7.98. The maximum absolute atomic E-state index is 15.0. The number of likely N-dealkylation sites (tertiary alicyclic amines) is 1. The number of nitrogens with one attached hydrogen (secondary N) is 18. The summed E-state index contributed by atoms with van der Waals surface area (Å²) >= 11 is 2.73. The third kappa shape index (κ3) is 43.8. The molecule has 2 aromatic heterocycles. The van der Waals surface area contributed by atoms with Gasteiger partial charge in [0.25, 0.3) is 0 Å². The van der Waals surface area contributed by atoms with Crippen LogP contribution in [0.2, 0.25) is 0 Å². The van der Waals surface area contributed by atoms with E-state index in [0.717, 1.165) is 22.7 Å². The number of aliphatic hydroxyl groups is 2. The van der Waals surface area contributed by atoms with E-state index in [0.29, 0.717) is 24.2 Å². The van der Waals surface area contributed by atoms with Gasteiger partial charge in [0.1, 0.15) is 97.2 Å². The van der Waals surface area contributed by atoms with Gasteiger partial charge in [-0.3, -0.25) is 101 Å². The van der Waals surface area contributed by atoms with Crippen LogP contribution in [0.4, 0.5) is 0 Å². The number of carboxylic acid groups (broad SMARTS) is 1. The van der Waals surface area contributed by atoms with Crippen molar-refractivity contribution in [3.05, 3.63) is 54.2 Å². The molecule has 798 valence electrons. The molecule has 35 N–H and O–H groups in total. The Labute approximate surface area is 838 Å². The number of guanidine groups is 2. The minimum atomic E-state index is -1.88. The van der Waals surface area contributed by atoms with Crippen molar-refractivity contribution in [2.24, 2.45) is 67.9 Å². The first-order valence-electron chi connectivity index (χ1n) is 47.6. The lowest BCUT2D eigenvalue weighted by atomic mass is 9.97. The average Bonchev–Trinajstić information content (AvgIpc) is 1.68. The van der Waals surface area contributed by atoms with Crippen molar-refractivity contribution in [1.82, 2.24) is 105 Å². The van der Waals surface area contributed by atoms with Crippen LogP contribution in [0.25, 0.3) is 10.9 Å². The molecule has 1 saturated heterocycles. The number of carboxylic acids is 1. The van der Waals surface area contributed by atoms with Gasteiger partial charge in [-0.25, -0.2) is 4.98 Å². The predicted octanol–water partition coefficient (Wildman–Crippen LogP) is -7.34. The lowest BCUT2D eigenvalue weighted by Crippen LogP contribution is -2.62. The zero-order valence-corrected chi connectivity index (χ0v) is 84.6. The van der Waals surface area contributed by atoms with E-state index < -0.39 is 254 Å². The van der Waals surface area contributed by atoms with Crippen LogP contribution in [-0.2, 0) is 104 Å². The minimum absolute atomic E-state index is 0.0214. The van der Waals surface area contributed by atoms with Gasteiger partial charge in [-0.15, -0.1) is 0 Å². The number of aliphatic carboxylic acids is 1. The number of aromatic nitrogens is 3. The maximum atomic E-state index is 15.0. The Kier molecular flexibility index (Phi) is 54.5. The van der Waals surface area contributed by atoms with Gasteiger partial charge < -0.3 is 155 Å². The first-order valence-corrected chi connectivity index (χ1v) is 50.4. The number of aliphatic hydroxyl groups excluding tert-OH is 2. The van der Waals surface area contributed by atoms with Crippen LogP contribution in [0.15, 0.2) is 53.0 Å². The second kappa shape index (κ2) is 63.8. The number of amides is 18. The summed E-state index contributed by atoms with van der Waals surface area (Å²) in [6, 6.07) is -16.0. The van der Waals surface area contributed by atoms with Gasteiger partial charge in [-0.2, -0.15) is 23.5 Å². The monoisotopic (exact) mass is 2050 g/mol. The molecule has 0 saturated carbocycles. The Balaban J connectivity index is 1.56. The van der Waals surface area contributed by atoms with Gasteiger partial charge in [-0.05, 0) is 171 Å². The van der Waals surface area contributed by atoms with E-state index in [9.17, 15) is 91.7 Å². The lowest BCUT2D eigenvalue weighted by Gasteiger charge is -2.30. The normalized spacial score (nSPS) is 15.9. The molecular formula is C90H149N29O22S2. The minimum Gasteiger partial charge on any atom is -0.480 e. The van der Waals surface area contributed by atoms with Gasteiger partial charge in [0.05, 0.1) is 37.3 Å². The SMILES string of the molecule is CCC(C)C(NC(=O)C(CCCCN)NC(=O)C(CCCN=C(N)N)NC(=O)C(CCCN=C(N)N)NC(=O)C(Cc1c[nH]c2ccccc12)NC(=O)C(CC(C)C)NC(=O)C(N)CCSC)C(=O)NCC(=O)N1CCCC1C(=O)NC(CCC(N)=O)C(=O)NC(CCSC)C(=O)NC(C(=O)NC(CC(C)C)C(=O)NC(CO)C(=O)NC(Cc1c[nH]cn1)C(=O)NC(C)C(=O)NC(C)C(=O)NCC(=O)O)C(C)O. The highest BCUT2D eigenvalue weighted by Crippen LogP contribution is 2.23. The highest BCUT2D eigenvalue weighted by Gasteiger charge is 2.42. The molecule has 0 bridgehead atoms. The van der Waals surface area contributed by atoms with Gasteiger partial charge in [0.2, 0.25) is 106 Å². The largest absolute Gasteiger partial charge is 0.480 e. The molecule has 4 rings (SSSR count). The molecule has 1 aliphatic heterocycles. The number of para-hydroxylation sites is 1. The fourth-order valence-electron chi connectivity index (χ4n) is 15.0. The van der Waals surface area contributed by atoms with E-state index in [4.69, 9.17) is 45.2 Å². The smallest absolute Gasteiger partial charge is 0.322 e. The van der Waals surface area contributed by atoms with E-state index in [-0.39, 0.29) is 151 Å². The number of aliphatic imine (C=N–C) groups is 2. The van der Waals surface area contributed by atoms with Crippen molar-refractivity contribution in [1.29, 1.82) is 0 Å². The Morgan fingerprint density at radius 2 is 0.951 bits per heavy atom. The number of hydrogen-bond acceptors (Lipinski definition) is 28. The summed E-state index contributed by atoms with van der Waals surface area (Å²) in [5, 5.41) is 72.0. The van der Waals surface area contributed by atoms with Crippen LogP contribution in [-0.4, -0.2) is 332 Å². The number of benzene rings is 1. The fraction of sp³-hybridized carbons (Fsp3) is 0.644. The van der Waals surface area contributed by atoms with Crippen LogP contribution < -0.4 is 125 Å². The van der Waals surface area contributed by atoms with Crippen molar-refractivity contribution in [3.8, 4) is 0 Å². The number of fused-ring (bicyclic) bond motifs is 1. The van der Waals surface area contributed by atoms with E-state index in [2.05, 4.69) is 110 Å². The maximum Gasteiger partial charge on any atom is 0.322 e. The van der Waals surface area contributed by atoms with Gasteiger partial charge in [0.15, 0.2) is 11.9 Å². The molecule has 18 atom stereocenters. The number of carbonyl (C=O) groups is 19. The second-order valence-corrected chi connectivity index (χ2v) is 37.8. The number of aromatic amines is 2. The average molecular weight is 2050 g/mol. The quantitative estimate of drug-likeness (QED) is 0.0142. The molecule has 0 radical (unpaired) electrons. The summed E-state index contributed by atoms with van der Waals surface area (Å²) < 4.78 is 0. The Morgan fingerprint density at radius 1 is 0.497 bits per heavy atom. The first kappa shape index (κ1) is 122. The summed E-state index contributed by atoms with van der Waals surface area (Å²) in [4.78, 5) is 284. The molecule has 0 aliphatic carbocycles. The summed E-state index contributed by atoms with van der Waals surface area (Å²) in [5.41, 5.74) is 42.0. The number of nitrogens with zero attached hydrogens (tertiary/aromatic N) is 4. The van der Waals surface area contributed by atoms with Gasteiger partial charge in [0, 0.05) is 62.2 Å². The van der Waals surface area contributed by atoms with Crippen LogP contribution in [0.5, 0.6) is 0 Å². The van der Waals surface area contributed by atoms with Crippen molar-refractivity contribution < 1.29 is 106 Å². The third-order valence-electron chi connectivity index (χ3n) is 23.2. The van der Waals surface area contributed by atoms with Crippen molar-refractivity contribution in [3.63, 3.8) is 0 Å². The zero-order chi connectivity index (χ0) is 107. The number of primary amides is 1. The molecule has 53 heteroatoms. The first-order chi connectivity index (χ1) is 67.7. The number of unbranched alkanes of at least 4 members (excludes halogenated alkanes) is 1. The number of hydrogen-bond donors (Lipinski definition) is 28. The lowest BCUT2D eigenvalue weighted by molar-refractivity contribution is -0.140. The van der Waals surface area contributed by atoms with E-state index >= 15 is 9.59 Å². The van der Waals surface area contributed by atoms with Crippen LogP contribution >= 0.6 is 23.5 Å². The van der Waals surface area contributed by atoms with Crippen molar-refractivity contribution >= 4 is 159 Å². The second-order valence-electron chi connectivity index (χ2n) is 35.9. The Morgan fingerprint density at radius 3 is 1.46 bits per heavy atom. The van der Waals surface area contributed by atoms with E-state index in [1.54, 1.807) is 46.2 Å². The van der Waals surface area contributed by atoms with Crippen molar-refractivity contribution in [2.45, 2.75) is 281 Å². The fourth-order valence-corrected chi connectivity index (χ4v) is 16.0. The van der Waals surface area contributed by atoms with Crippen LogP contribution in [0, 0.1) is 17.8 Å². The summed E-state index contributed by atoms with van der Waals surface area (Å²) in [6.45, 7) is 11.5. The number of nitrogens with two attached hydrogens (primary N) is 7. The van der Waals surface area contributed by atoms with Crippen LogP contribution in [0.1, 0.15) is 176 Å². The molecule has 18 amide bonds. The summed E-state index contributed by atoms with van der Waals surface area (Å²) in [7, 11) is 0. The topological polar surface area (TPSA) is 832 Å². The third-order valence-corrected chi connectivity index (χ3v) is 24.4. The Hall–Kier alpha value is -13.0. The van der Waals surface area contributed by atoms with Gasteiger partial charge in [-0.1, -0.05) is 66.2 Å². The molecular weight excluding hydrogens is 1900 g/mol. The molecule has 1 aromatic carbocycles. The number of imidazole rings is 1. The number of carbonyl (C=O) groups excluding carboxylic acids is 18. The molecule has 18 unspecified atom stereocenters. The molecule has 3 aromatic rings. The van der Waals surface area contributed by atoms with Gasteiger partial charge >= 0.3 is 5.97 Å². The molecule has 1 fully saturated rings. The summed E-state index contributed by atoms with van der Waals surface area (Å²) in [5.74, 6) is -18.8.